The van der Waals surface area contributed by atoms with Crippen LogP contribution in [-0.2, 0) is 0 Å². The van der Waals surface area contributed by atoms with Gasteiger partial charge in [0.1, 0.15) is 0 Å². The van der Waals surface area contributed by atoms with Crippen LogP contribution in [0.2, 0.25) is 0 Å². The lowest BCUT2D eigenvalue weighted by Crippen LogP contribution is -2.42. The second-order valence-corrected chi connectivity index (χ2v) is 4.07. The minimum absolute atomic E-state index is 0.716. The number of nitrogens with one attached hydrogen (secondary N) is 1. The van der Waals surface area contributed by atoms with Gasteiger partial charge in [-0.15, -0.1) is 0 Å². The van der Waals surface area contributed by atoms with Crippen LogP contribution in [0.25, 0.3) is 0 Å². The van der Waals surface area contributed by atoms with Gasteiger partial charge in [-0.3, -0.25) is 0 Å². The molecule has 1 aliphatic heterocycles. The lowest BCUT2D eigenvalue weighted by Gasteiger charge is -2.29. The Hall–Kier alpha value is -0.820. The fourth-order valence-electron chi connectivity index (χ4n) is 1.93. The van der Waals surface area contributed by atoms with Crippen molar-refractivity contribution in [2.24, 2.45) is 5.92 Å². The van der Waals surface area contributed by atoms with Crippen molar-refractivity contribution in [3.8, 4) is 0 Å². The van der Waals surface area contributed by atoms with Gasteiger partial charge in [-0.05, 0) is 36.9 Å². The van der Waals surface area contributed by atoms with Crippen LogP contribution >= 0.6 is 0 Å². The summed E-state index contributed by atoms with van der Waals surface area (Å²) in [5.41, 5.74) is 1.48. The molecule has 2 rings (SSSR count). The Morgan fingerprint density at radius 2 is 2.00 bits per heavy atom. The predicted molar refractivity (Wildman–Crippen MR) is 55.8 cm³/mol. The fraction of sp³-hybridized carbons (Fsp3) is 0.500. The van der Waals surface area contributed by atoms with E-state index in [1.165, 1.54) is 25.1 Å². The summed E-state index contributed by atoms with van der Waals surface area (Å²) in [5.74, 6) is 1.63. The fourth-order valence-corrected chi connectivity index (χ4v) is 1.93. The highest BCUT2D eigenvalue weighted by Gasteiger charge is 2.19. The van der Waals surface area contributed by atoms with Crippen molar-refractivity contribution < 1.29 is 0 Å². The molecule has 1 heteroatoms. The van der Waals surface area contributed by atoms with Gasteiger partial charge in [0.15, 0.2) is 0 Å². The molecule has 1 aliphatic rings. The molecule has 0 saturated carbocycles. The number of benzene rings is 1. The number of rotatable bonds is 3. The first-order chi connectivity index (χ1) is 6.36. The number of hydrogen-bond donors (Lipinski definition) is 1. The van der Waals surface area contributed by atoms with Crippen LogP contribution in [0.3, 0.4) is 0 Å². The summed E-state index contributed by atoms with van der Waals surface area (Å²) in [6.07, 6.45) is 1.33. The van der Waals surface area contributed by atoms with Crippen molar-refractivity contribution in [3.63, 3.8) is 0 Å². The van der Waals surface area contributed by atoms with E-state index in [0.717, 1.165) is 5.92 Å². The summed E-state index contributed by atoms with van der Waals surface area (Å²) in [4.78, 5) is 0. The van der Waals surface area contributed by atoms with Crippen LogP contribution in [-0.4, -0.2) is 13.1 Å². The molecule has 13 heavy (non-hydrogen) atoms. The van der Waals surface area contributed by atoms with E-state index in [0.29, 0.717) is 5.92 Å². The monoisotopic (exact) mass is 175 g/mol. The van der Waals surface area contributed by atoms with Crippen LogP contribution < -0.4 is 5.32 Å². The van der Waals surface area contributed by atoms with Crippen LogP contribution in [0.5, 0.6) is 0 Å². The lowest BCUT2D eigenvalue weighted by molar-refractivity contribution is 0.310. The van der Waals surface area contributed by atoms with Gasteiger partial charge < -0.3 is 5.32 Å². The zero-order valence-corrected chi connectivity index (χ0v) is 8.16. The highest BCUT2D eigenvalue weighted by atomic mass is 14.9. The van der Waals surface area contributed by atoms with E-state index in [1.54, 1.807) is 0 Å². The molecular weight excluding hydrogens is 158 g/mol. The largest absolute Gasteiger partial charge is 0.316 e. The average molecular weight is 175 g/mol. The van der Waals surface area contributed by atoms with Crippen LogP contribution in [0.4, 0.5) is 0 Å². The van der Waals surface area contributed by atoms with E-state index in [2.05, 4.69) is 42.6 Å². The molecule has 0 aliphatic carbocycles. The molecule has 1 saturated heterocycles. The minimum atomic E-state index is 0.716. The van der Waals surface area contributed by atoms with Crippen molar-refractivity contribution in [2.45, 2.75) is 19.3 Å². The lowest BCUT2D eigenvalue weighted by atomic mass is 9.87. The molecule has 0 bridgehead atoms. The van der Waals surface area contributed by atoms with E-state index in [1.807, 2.05) is 0 Å². The van der Waals surface area contributed by atoms with E-state index in [-0.39, 0.29) is 0 Å². The van der Waals surface area contributed by atoms with Gasteiger partial charge in [0.2, 0.25) is 0 Å². The first-order valence-electron chi connectivity index (χ1n) is 5.12. The zero-order chi connectivity index (χ0) is 9.10. The highest BCUT2D eigenvalue weighted by Crippen LogP contribution is 2.24. The van der Waals surface area contributed by atoms with E-state index < -0.39 is 0 Å². The summed E-state index contributed by atoms with van der Waals surface area (Å²) in [5, 5.41) is 3.32. The van der Waals surface area contributed by atoms with Gasteiger partial charge in [0, 0.05) is 0 Å². The Balaban J connectivity index is 1.92. The van der Waals surface area contributed by atoms with Crippen LogP contribution in [0.15, 0.2) is 30.3 Å². The third-order valence-corrected chi connectivity index (χ3v) is 2.92. The molecule has 1 atom stereocenters. The second kappa shape index (κ2) is 3.93. The first-order valence-corrected chi connectivity index (χ1v) is 5.12. The molecule has 1 aromatic rings. The van der Waals surface area contributed by atoms with Gasteiger partial charge >= 0.3 is 0 Å². The highest BCUT2D eigenvalue weighted by molar-refractivity contribution is 5.18. The molecule has 1 aromatic carbocycles. The molecule has 0 aromatic heterocycles. The zero-order valence-electron chi connectivity index (χ0n) is 8.16. The molecular formula is C12H17N. The average Bonchev–Trinajstić information content (AvgIpc) is 2.12. The summed E-state index contributed by atoms with van der Waals surface area (Å²) in [6, 6.07) is 10.8. The third-order valence-electron chi connectivity index (χ3n) is 2.92. The Kier molecular flexibility index (Phi) is 2.65. The second-order valence-electron chi connectivity index (χ2n) is 4.07. The van der Waals surface area contributed by atoms with Gasteiger partial charge in [-0.25, -0.2) is 0 Å². The summed E-state index contributed by atoms with van der Waals surface area (Å²) in [7, 11) is 0. The molecule has 1 heterocycles. The molecule has 0 spiro atoms. The molecule has 1 nitrogen and oxygen atoms in total. The van der Waals surface area contributed by atoms with Crippen molar-refractivity contribution in [2.75, 3.05) is 13.1 Å². The summed E-state index contributed by atoms with van der Waals surface area (Å²) < 4.78 is 0. The van der Waals surface area contributed by atoms with Crippen molar-refractivity contribution >= 4 is 0 Å². The Morgan fingerprint density at radius 1 is 1.31 bits per heavy atom. The maximum atomic E-state index is 3.32. The first kappa shape index (κ1) is 8.76. The van der Waals surface area contributed by atoms with E-state index in [9.17, 15) is 0 Å². The standard InChI is InChI=1S/C12H17N/c1-10(7-11-8-13-9-11)12-5-3-2-4-6-12/h2-6,10-11,13H,7-9H2,1H3. The van der Waals surface area contributed by atoms with Gasteiger partial charge in [0.05, 0.1) is 0 Å². The van der Waals surface area contributed by atoms with Gasteiger partial charge in [-0.2, -0.15) is 0 Å². The van der Waals surface area contributed by atoms with E-state index in [4.69, 9.17) is 0 Å². The van der Waals surface area contributed by atoms with E-state index >= 15 is 0 Å². The predicted octanol–water partition coefficient (Wildman–Crippen LogP) is 2.40. The van der Waals surface area contributed by atoms with Gasteiger partial charge in [-0.1, -0.05) is 37.3 Å². The Morgan fingerprint density at radius 3 is 2.54 bits per heavy atom. The topological polar surface area (TPSA) is 12.0 Å². The van der Waals surface area contributed by atoms with Crippen molar-refractivity contribution in [3.05, 3.63) is 35.9 Å². The Bertz CT molecular complexity index is 251. The van der Waals surface area contributed by atoms with Crippen molar-refractivity contribution in [1.29, 1.82) is 0 Å². The maximum absolute atomic E-state index is 3.32. The quantitative estimate of drug-likeness (QED) is 0.744. The maximum Gasteiger partial charge on any atom is -0.000804 e. The minimum Gasteiger partial charge on any atom is -0.316 e. The van der Waals surface area contributed by atoms with Crippen LogP contribution in [0.1, 0.15) is 24.8 Å². The molecule has 70 valence electrons. The summed E-state index contributed by atoms with van der Waals surface area (Å²) in [6.45, 7) is 4.77. The van der Waals surface area contributed by atoms with Gasteiger partial charge in [0.25, 0.3) is 0 Å². The number of hydrogen-bond acceptors (Lipinski definition) is 1. The molecule has 0 amide bonds. The Labute approximate surface area is 80.2 Å². The smallest absolute Gasteiger partial charge is 0.000804 e. The normalized spacial score (nSPS) is 19.5. The third kappa shape index (κ3) is 2.10. The molecule has 1 fully saturated rings. The summed E-state index contributed by atoms with van der Waals surface area (Å²) >= 11 is 0. The molecule has 1 unspecified atom stereocenters. The molecule has 0 radical (unpaired) electrons. The molecule has 1 N–H and O–H groups in total. The van der Waals surface area contributed by atoms with Crippen molar-refractivity contribution in [1.82, 2.24) is 5.32 Å². The SMILES string of the molecule is CC(CC1CNC1)c1ccccc1. The van der Waals surface area contributed by atoms with Crippen LogP contribution in [0, 0.1) is 5.92 Å².